The van der Waals surface area contributed by atoms with E-state index >= 15 is 0 Å². The number of aliphatic hydroxyl groups excluding tert-OH is 1. The monoisotopic (exact) mass is 326 g/mol. The van der Waals surface area contributed by atoms with Gasteiger partial charge < -0.3 is 14.9 Å². The van der Waals surface area contributed by atoms with E-state index in [1.807, 2.05) is 12.2 Å². The van der Waals surface area contributed by atoms with Crippen LogP contribution < -0.4 is 0 Å². The van der Waals surface area contributed by atoms with Gasteiger partial charge in [0, 0.05) is 0 Å². The van der Waals surface area contributed by atoms with Gasteiger partial charge in [-0.2, -0.15) is 0 Å². The molecule has 4 atom stereocenters. The minimum atomic E-state index is -0.708. The van der Waals surface area contributed by atoms with Crippen LogP contribution in [-0.4, -0.2) is 34.5 Å². The highest BCUT2D eigenvalue weighted by atomic mass is 16.6. The van der Waals surface area contributed by atoms with Crippen molar-refractivity contribution < 1.29 is 19.7 Å². The molecule has 1 heterocycles. The second-order valence-electron chi connectivity index (χ2n) is 6.82. The van der Waals surface area contributed by atoms with E-state index in [9.17, 15) is 9.90 Å². The maximum Gasteiger partial charge on any atom is 0.306 e. The molecule has 4 heteroatoms. The number of epoxide rings is 1. The van der Waals surface area contributed by atoms with Crippen molar-refractivity contribution in [2.24, 2.45) is 5.92 Å². The summed E-state index contributed by atoms with van der Waals surface area (Å²) in [5.74, 6) is -0.951. The van der Waals surface area contributed by atoms with E-state index in [1.165, 1.54) is 19.3 Å². The minimum Gasteiger partial charge on any atom is -0.481 e. The maximum atomic E-state index is 10.7. The molecule has 0 spiro atoms. The quantitative estimate of drug-likeness (QED) is 0.283. The predicted molar refractivity (Wildman–Crippen MR) is 92.5 cm³/mol. The van der Waals surface area contributed by atoms with Crippen molar-refractivity contribution in [3.05, 3.63) is 12.2 Å². The lowest BCUT2D eigenvalue weighted by Gasteiger charge is -2.07. The fraction of sp³-hybridized carbons (Fsp3) is 0.842. The number of aliphatic hydroxyl groups is 1. The Labute approximate surface area is 140 Å². The molecule has 1 rings (SSSR count). The Morgan fingerprint density at radius 1 is 1.13 bits per heavy atom. The Morgan fingerprint density at radius 3 is 2.48 bits per heavy atom. The van der Waals surface area contributed by atoms with E-state index in [-0.39, 0.29) is 18.1 Å². The molecule has 0 aliphatic carbocycles. The summed E-state index contributed by atoms with van der Waals surface area (Å²) >= 11 is 0. The third-order valence-electron chi connectivity index (χ3n) is 4.55. The van der Waals surface area contributed by atoms with E-state index in [1.54, 1.807) is 6.92 Å². The summed E-state index contributed by atoms with van der Waals surface area (Å²) in [6.45, 7) is 3.96. The Hall–Kier alpha value is -0.870. The first-order valence-corrected chi connectivity index (χ1v) is 9.29. The van der Waals surface area contributed by atoms with Crippen LogP contribution in [0.1, 0.15) is 78.1 Å². The van der Waals surface area contributed by atoms with Gasteiger partial charge in [0.2, 0.25) is 0 Å². The minimum absolute atomic E-state index is 0.221. The third-order valence-corrected chi connectivity index (χ3v) is 4.55. The summed E-state index contributed by atoms with van der Waals surface area (Å²) in [7, 11) is 0. The van der Waals surface area contributed by atoms with E-state index in [0.29, 0.717) is 6.10 Å². The van der Waals surface area contributed by atoms with Gasteiger partial charge in [-0.05, 0) is 19.3 Å². The first kappa shape index (κ1) is 20.2. The number of rotatable bonds is 14. The molecule has 0 amide bonds. The van der Waals surface area contributed by atoms with Gasteiger partial charge in [0.05, 0.1) is 18.1 Å². The van der Waals surface area contributed by atoms with Gasteiger partial charge >= 0.3 is 5.97 Å². The average Bonchev–Trinajstić information content (AvgIpc) is 3.27. The van der Waals surface area contributed by atoms with Crippen molar-refractivity contribution in [1.82, 2.24) is 0 Å². The number of ether oxygens (including phenoxy) is 1. The molecular formula is C19H34O4. The smallest absolute Gasteiger partial charge is 0.306 e. The van der Waals surface area contributed by atoms with Crippen LogP contribution in [0.4, 0.5) is 0 Å². The van der Waals surface area contributed by atoms with Crippen LogP contribution >= 0.6 is 0 Å². The largest absolute Gasteiger partial charge is 0.481 e. The molecule has 4 nitrogen and oxygen atoms in total. The Bertz CT molecular complexity index is 353. The van der Waals surface area contributed by atoms with E-state index in [2.05, 4.69) is 6.92 Å². The fourth-order valence-corrected chi connectivity index (χ4v) is 2.77. The molecule has 0 saturated carbocycles. The Kier molecular flexibility index (Phi) is 10.2. The number of carboxylic acid groups (broad SMARTS) is 1. The molecule has 1 fully saturated rings. The molecule has 1 aliphatic rings. The fourth-order valence-electron chi connectivity index (χ4n) is 2.77. The van der Waals surface area contributed by atoms with Gasteiger partial charge in [0.15, 0.2) is 0 Å². The van der Waals surface area contributed by atoms with Crippen LogP contribution in [0, 0.1) is 5.92 Å². The van der Waals surface area contributed by atoms with Gasteiger partial charge in [0.1, 0.15) is 6.10 Å². The van der Waals surface area contributed by atoms with Crippen molar-refractivity contribution in [2.45, 2.75) is 96.4 Å². The number of hydrogen-bond donors (Lipinski definition) is 2. The molecule has 2 N–H and O–H groups in total. The van der Waals surface area contributed by atoms with E-state index in [4.69, 9.17) is 9.84 Å². The standard InChI is InChI=1S/C19H34O4/c1-3-4-7-12-17-18(23-17)14-13-16(20)11-9-6-5-8-10-15(2)19(21)22/h13-18,20H,3-12H2,1-2H3,(H,21,22)/t15?,16-,17-,18+/m0/s1. The number of carbonyl (C=O) groups is 1. The van der Waals surface area contributed by atoms with Crippen molar-refractivity contribution in [3.63, 3.8) is 0 Å². The topological polar surface area (TPSA) is 70.1 Å². The van der Waals surface area contributed by atoms with Crippen LogP contribution in [0.15, 0.2) is 12.2 Å². The average molecular weight is 326 g/mol. The highest BCUT2D eigenvalue weighted by Crippen LogP contribution is 2.28. The van der Waals surface area contributed by atoms with Gasteiger partial charge in [-0.3, -0.25) is 4.79 Å². The van der Waals surface area contributed by atoms with Crippen LogP contribution in [0.3, 0.4) is 0 Å². The molecule has 0 bridgehead atoms. The molecule has 0 aromatic rings. The first-order valence-electron chi connectivity index (χ1n) is 9.29. The SMILES string of the molecule is CCCCC[C@@H]1O[C@@H]1C=C[C@@H](O)CCCCCCC(C)C(=O)O. The summed E-state index contributed by atoms with van der Waals surface area (Å²) in [5, 5.41) is 18.7. The van der Waals surface area contributed by atoms with Crippen LogP contribution in [0.5, 0.6) is 0 Å². The van der Waals surface area contributed by atoms with Crippen molar-refractivity contribution in [3.8, 4) is 0 Å². The molecule has 23 heavy (non-hydrogen) atoms. The highest BCUT2D eigenvalue weighted by molar-refractivity contribution is 5.69. The van der Waals surface area contributed by atoms with Crippen molar-refractivity contribution in [2.75, 3.05) is 0 Å². The molecule has 134 valence electrons. The summed E-state index contributed by atoms with van der Waals surface area (Å²) in [5.41, 5.74) is 0. The van der Waals surface area contributed by atoms with Crippen LogP contribution in [0.25, 0.3) is 0 Å². The molecular weight excluding hydrogens is 292 g/mol. The molecule has 0 aromatic heterocycles. The van der Waals surface area contributed by atoms with Gasteiger partial charge in [0.25, 0.3) is 0 Å². The normalized spacial score (nSPS) is 23.1. The molecule has 1 unspecified atom stereocenters. The lowest BCUT2D eigenvalue weighted by molar-refractivity contribution is -0.141. The number of aliphatic carboxylic acids is 1. The number of hydrogen-bond acceptors (Lipinski definition) is 3. The zero-order chi connectivity index (χ0) is 17.1. The number of unbranched alkanes of at least 4 members (excludes halogenated alkanes) is 5. The molecule has 0 radical (unpaired) electrons. The predicted octanol–water partition coefficient (Wildman–Crippen LogP) is 4.31. The zero-order valence-corrected chi connectivity index (χ0v) is 14.7. The van der Waals surface area contributed by atoms with Crippen LogP contribution in [-0.2, 0) is 9.53 Å². The second kappa shape index (κ2) is 11.6. The zero-order valence-electron chi connectivity index (χ0n) is 14.7. The van der Waals surface area contributed by atoms with E-state index < -0.39 is 5.97 Å². The summed E-state index contributed by atoms with van der Waals surface area (Å²) in [4.78, 5) is 10.7. The van der Waals surface area contributed by atoms with Gasteiger partial charge in [-0.1, -0.05) is 70.9 Å². The van der Waals surface area contributed by atoms with Gasteiger partial charge in [-0.15, -0.1) is 0 Å². The summed E-state index contributed by atoms with van der Waals surface area (Å²) in [6, 6.07) is 0. The third kappa shape index (κ3) is 9.77. The lowest BCUT2D eigenvalue weighted by Crippen LogP contribution is -2.08. The summed E-state index contributed by atoms with van der Waals surface area (Å²) in [6.07, 6.45) is 14.5. The first-order chi connectivity index (χ1) is 11.0. The van der Waals surface area contributed by atoms with Crippen LogP contribution in [0.2, 0.25) is 0 Å². The molecule has 1 saturated heterocycles. The maximum absolute atomic E-state index is 10.7. The van der Waals surface area contributed by atoms with Crippen molar-refractivity contribution >= 4 is 5.97 Å². The van der Waals surface area contributed by atoms with E-state index in [0.717, 1.165) is 44.9 Å². The second-order valence-corrected chi connectivity index (χ2v) is 6.82. The highest BCUT2D eigenvalue weighted by Gasteiger charge is 2.35. The van der Waals surface area contributed by atoms with Gasteiger partial charge in [-0.25, -0.2) is 0 Å². The number of carboxylic acids is 1. The Balaban J connectivity index is 1.95. The summed E-state index contributed by atoms with van der Waals surface area (Å²) < 4.78 is 5.57. The molecule has 1 aliphatic heterocycles. The van der Waals surface area contributed by atoms with Crippen molar-refractivity contribution in [1.29, 1.82) is 0 Å². The molecule has 0 aromatic carbocycles. The Morgan fingerprint density at radius 2 is 1.83 bits per heavy atom. The lowest BCUT2D eigenvalue weighted by atomic mass is 10.0.